The number of aromatic nitrogens is 3. The fraction of sp³-hybridized carbons (Fsp3) is 0.846. The van der Waals surface area contributed by atoms with Crippen molar-refractivity contribution in [3.63, 3.8) is 0 Å². The highest BCUT2D eigenvalue weighted by Gasteiger charge is 2.53. The van der Waals surface area contributed by atoms with E-state index in [1.807, 2.05) is 6.33 Å². The van der Waals surface area contributed by atoms with Crippen molar-refractivity contribution in [3.05, 3.63) is 12.2 Å². The topological polar surface area (TPSA) is 46.0 Å². The highest BCUT2D eigenvalue weighted by Crippen LogP contribution is 2.58. The molecule has 1 saturated heterocycles. The summed E-state index contributed by atoms with van der Waals surface area (Å²) in [6.07, 6.45) is 6.10. The van der Waals surface area contributed by atoms with Crippen molar-refractivity contribution < 1.29 is 0 Å². The van der Waals surface area contributed by atoms with Crippen LogP contribution in [0.1, 0.15) is 25.1 Å². The SMILES string of the molecule is c1nnc2n1CCN(CC1CC13CCNCC3)C2. The van der Waals surface area contributed by atoms with Gasteiger partial charge in [0.1, 0.15) is 12.2 Å². The molecule has 1 saturated carbocycles. The molecule has 0 radical (unpaired) electrons. The lowest BCUT2D eigenvalue weighted by Gasteiger charge is -2.29. The van der Waals surface area contributed by atoms with Crippen LogP contribution in [0.5, 0.6) is 0 Å². The first-order chi connectivity index (χ1) is 8.86. The van der Waals surface area contributed by atoms with E-state index in [0.29, 0.717) is 5.41 Å². The van der Waals surface area contributed by atoms with Crippen LogP contribution in [0.15, 0.2) is 6.33 Å². The van der Waals surface area contributed by atoms with Crippen molar-refractivity contribution in [1.29, 1.82) is 0 Å². The number of hydrogen-bond acceptors (Lipinski definition) is 4. The minimum Gasteiger partial charge on any atom is -0.317 e. The Morgan fingerprint density at radius 2 is 2.22 bits per heavy atom. The third-order valence-corrected chi connectivity index (χ3v) is 5.15. The molecule has 5 nitrogen and oxygen atoms in total. The van der Waals surface area contributed by atoms with Crippen LogP contribution >= 0.6 is 0 Å². The summed E-state index contributed by atoms with van der Waals surface area (Å²) in [6, 6.07) is 0. The standard InChI is InChI=1S/C13H21N5/c1-3-14-4-2-13(1)7-11(13)8-17-5-6-18-10-15-16-12(18)9-17/h10-11,14H,1-9H2. The summed E-state index contributed by atoms with van der Waals surface area (Å²) in [5.74, 6) is 2.08. The van der Waals surface area contributed by atoms with Crippen molar-refractivity contribution in [2.75, 3.05) is 26.2 Å². The van der Waals surface area contributed by atoms with Crippen LogP contribution in [-0.2, 0) is 13.1 Å². The molecule has 1 spiro atoms. The Labute approximate surface area is 108 Å². The Morgan fingerprint density at radius 1 is 1.33 bits per heavy atom. The monoisotopic (exact) mass is 247 g/mol. The van der Waals surface area contributed by atoms with Crippen molar-refractivity contribution in [2.24, 2.45) is 11.3 Å². The van der Waals surface area contributed by atoms with E-state index in [2.05, 4.69) is 25.0 Å². The van der Waals surface area contributed by atoms with Gasteiger partial charge in [-0.1, -0.05) is 0 Å². The minimum atomic E-state index is 0.705. The molecule has 0 aromatic carbocycles. The van der Waals surface area contributed by atoms with Crippen molar-refractivity contribution >= 4 is 0 Å². The number of rotatable bonds is 2. The molecule has 1 unspecified atom stereocenters. The molecular weight excluding hydrogens is 226 g/mol. The van der Waals surface area contributed by atoms with Gasteiger partial charge in [-0.05, 0) is 43.7 Å². The lowest BCUT2D eigenvalue weighted by Crippen LogP contribution is -2.37. The van der Waals surface area contributed by atoms with Gasteiger partial charge < -0.3 is 9.88 Å². The number of nitrogens with zero attached hydrogens (tertiary/aromatic N) is 4. The van der Waals surface area contributed by atoms with E-state index >= 15 is 0 Å². The predicted molar refractivity (Wildman–Crippen MR) is 67.9 cm³/mol. The number of piperidine rings is 1. The molecule has 4 rings (SSSR count). The van der Waals surface area contributed by atoms with Gasteiger partial charge >= 0.3 is 0 Å². The summed E-state index contributed by atoms with van der Waals surface area (Å²) >= 11 is 0. The maximum absolute atomic E-state index is 4.20. The first-order valence-electron chi connectivity index (χ1n) is 7.16. The summed E-state index contributed by atoms with van der Waals surface area (Å²) < 4.78 is 2.18. The second-order valence-corrected chi connectivity index (χ2v) is 6.19. The third kappa shape index (κ3) is 1.77. The van der Waals surface area contributed by atoms with Gasteiger partial charge in [0.2, 0.25) is 0 Å². The molecule has 0 bridgehead atoms. The van der Waals surface area contributed by atoms with Gasteiger partial charge in [0, 0.05) is 19.6 Å². The maximum Gasteiger partial charge on any atom is 0.147 e. The normalized spacial score (nSPS) is 30.3. The van der Waals surface area contributed by atoms with Crippen LogP contribution in [0.25, 0.3) is 0 Å². The molecule has 98 valence electrons. The lowest BCUT2D eigenvalue weighted by molar-refractivity contribution is 0.189. The molecule has 2 fully saturated rings. The van der Waals surface area contributed by atoms with Gasteiger partial charge in [-0.25, -0.2) is 0 Å². The smallest absolute Gasteiger partial charge is 0.147 e. The van der Waals surface area contributed by atoms with Gasteiger partial charge in [-0.3, -0.25) is 4.90 Å². The van der Waals surface area contributed by atoms with Crippen LogP contribution in [0.4, 0.5) is 0 Å². The van der Waals surface area contributed by atoms with Crippen LogP contribution in [0.3, 0.4) is 0 Å². The molecule has 1 aromatic rings. The summed E-state index contributed by atoms with van der Waals surface area (Å²) in [5, 5.41) is 11.7. The van der Waals surface area contributed by atoms with Crippen LogP contribution < -0.4 is 5.32 Å². The Morgan fingerprint density at radius 3 is 3.11 bits per heavy atom. The largest absolute Gasteiger partial charge is 0.317 e. The fourth-order valence-electron chi connectivity index (χ4n) is 3.81. The Balaban J connectivity index is 1.37. The third-order valence-electron chi connectivity index (χ3n) is 5.15. The highest BCUT2D eigenvalue weighted by atomic mass is 15.3. The van der Waals surface area contributed by atoms with Gasteiger partial charge in [0.15, 0.2) is 0 Å². The molecule has 1 aromatic heterocycles. The van der Waals surface area contributed by atoms with Gasteiger partial charge in [-0.15, -0.1) is 10.2 Å². The van der Waals surface area contributed by atoms with E-state index in [1.165, 1.54) is 38.9 Å². The van der Waals surface area contributed by atoms with Crippen LogP contribution in [0, 0.1) is 11.3 Å². The minimum absolute atomic E-state index is 0.705. The zero-order chi connectivity index (χ0) is 12.0. The van der Waals surface area contributed by atoms with E-state index in [4.69, 9.17) is 0 Å². The molecule has 3 heterocycles. The maximum atomic E-state index is 4.20. The Hall–Kier alpha value is -0.940. The molecule has 1 atom stereocenters. The zero-order valence-corrected chi connectivity index (χ0v) is 10.8. The van der Waals surface area contributed by atoms with E-state index in [9.17, 15) is 0 Å². The molecule has 0 amide bonds. The quantitative estimate of drug-likeness (QED) is 0.826. The zero-order valence-electron chi connectivity index (χ0n) is 10.8. The van der Waals surface area contributed by atoms with E-state index in [1.54, 1.807) is 0 Å². The Kier molecular flexibility index (Phi) is 2.45. The molecule has 1 N–H and O–H groups in total. The summed E-state index contributed by atoms with van der Waals surface area (Å²) in [7, 11) is 0. The summed E-state index contributed by atoms with van der Waals surface area (Å²) in [6.45, 7) is 6.94. The number of nitrogens with one attached hydrogen (secondary N) is 1. The van der Waals surface area contributed by atoms with E-state index < -0.39 is 0 Å². The summed E-state index contributed by atoms with van der Waals surface area (Å²) in [5.41, 5.74) is 0.705. The fourth-order valence-corrected chi connectivity index (χ4v) is 3.81. The molecular formula is C13H21N5. The molecule has 1 aliphatic carbocycles. The molecule has 3 aliphatic rings. The van der Waals surface area contributed by atoms with E-state index in [-0.39, 0.29) is 0 Å². The second-order valence-electron chi connectivity index (χ2n) is 6.19. The number of fused-ring (bicyclic) bond motifs is 1. The lowest BCUT2D eigenvalue weighted by atomic mass is 9.92. The van der Waals surface area contributed by atoms with Crippen LogP contribution in [0.2, 0.25) is 0 Å². The molecule has 2 aliphatic heterocycles. The first-order valence-corrected chi connectivity index (χ1v) is 7.16. The van der Waals surface area contributed by atoms with Crippen LogP contribution in [-0.4, -0.2) is 45.8 Å². The van der Waals surface area contributed by atoms with Gasteiger partial charge in [0.05, 0.1) is 6.54 Å². The van der Waals surface area contributed by atoms with Crippen molar-refractivity contribution in [1.82, 2.24) is 25.0 Å². The van der Waals surface area contributed by atoms with Gasteiger partial charge in [0.25, 0.3) is 0 Å². The molecule has 5 heteroatoms. The average molecular weight is 247 g/mol. The van der Waals surface area contributed by atoms with Crippen molar-refractivity contribution in [3.8, 4) is 0 Å². The highest BCUT2D eigenvalue weighted by molar-refractivity contribution is 5.06. The summed E-state index contributed by atoms with van der Waals surface area (Å²) in [4.78, 5) is 2.57. The van der Waals surface area contributed by atoms with E-state index in [0.717, 1.165) is 31.4 Å². The predicted octanol–water partition coefficient (Wildman–Crippen LogP) is 0.483. The second kappa shape index (κ2) is 4.03. The number of hydrogen-bond donors (Lipinski definition) is 1. The first kappa shape index (κ1) is 10.9. The average Bonchev–Trinajstić information content (AvgIpc) is 2.87. The van der Waals surface area contributed by atoms with Gasteiger partial charge in [-0.2, -0.15) is 0 Å². The Bertz CT molecular complexity index is 434. The molecule has 18 heavy (non-hydrogen) atoms. The van der Waals surface area contributed by atoms with Crippen molar-refractivity contribution in [2.45, 2.75) is 32.4 Å².